The van der Waals surface area contributed by atoms with Crippen molar-refractivity contribution in [2.24, 2.45) is 0 Å². The van der Waals surface area contributed by atoms with Gasteiger partial charge in [-0.15, -0.1) is 24.0 Å². The monoisotopic (exact) mass is 214 g/mol. The van der Waals surface area contributed by atoms with Crippen molar-refractivity contribution in [1.82, 2.24) is 0 Å². The van der Waals surface area contributed by atoms with E-state index in [0.717, 1.165) is 5.39 Å². The minimum absolute atomic E-state index is 0.250. The standard InChI is InChI=1S/C9H7FOS2/c1-11-7-4-6(10)9-5(8(7)12)2-3-13-9/h2-4,12H,1H3. The third-order valence-electron chi connectivity index (χ3n) is 1.85. The normalized spacial score (nSPS) is 10.7. The molecule has 1 aromatic carbocycles. The van der Waals surface area contributed by atoms with E-state index in [1.165, 1.54) is 24.5 Å². The second-order valence-electron chi connectivity index (χ2n) is 2.57. The van der Waals surface area contributed by atoms with Gasteiger partial charge in [0.1, 0.15) is 11.6 Å². The van der Waals surface area contributed by atoms with Gasteiger partial charge in [-0.25, -0.2) is 4.39 Å². The second-order valence-corrected chi connectivity index (χ2v) is 3.94. The molecule has 1 aromatic heterocycles. The number of hydrogen-bond donors (Lipinski definition) is 1. The van der Waals surface area contributed by atoms with Crippen molar-refractivity contribution in [2.75, 3.05) is 7.11 Å². The van der Waals surface area contributed by atoms with Gasteiger partial charge < -0.3 is 4.74 Å². The summed E-state index contributed by atoms with van der Waals surface area (Å²) in [6, 6.07) is 3.20. The van der Waals surface area contributed by atoms with Crippen LogP contribution in [0, 0.1) is 5.82 Å². The van der Waals surface area contributed by atoms with Crippen LogP contribution in [0.3, 0.4) is 0 Å². The van der Waals surface area contributed by atoms with E-state index in [-0.39, 0.29) is 5.82 Å². The Morgan fingerprint density at radius 1 is 1.54 bits per heavy atom. The maximum atomic E-state index is 13.3. The van der Waals surface area contributed by atoms with Crippen molar-refractivity contribution in [3.05, 3.63) is 23.3 Å². The van der Waals surface area contributed by atoms with Gasteiger partial charge in [-0.05, 0) is 11.4 Å². The van der Waals surface area contributed by atoms with Gasteiger partial charge in [-0.1, -0.05) is 0 Å². The molecule has 2 aromatic rings. The predicted molar refractivity (Wildman–Crippen MR) is 55.6 cm³/mol. The summed E-state index contributed by atoms with van der Waals surface area (Å²) in [4.78, 5) is 0.695. The van der Waals surface area contributed by atoms with Crippen LogP contribution >= 0.6 is 24.0 Å². The van der Waals surface area contributed by atoms with Gasteiger partial charge >= 0.3 is 0 Å². The van der Waals surface area contributed by atoms with Crippen LogP contribution in [0.15, 0.2) is 22.4 Å². The lowest BCUT2D eigenvalue weighted by atomic mass is 10.2. The summed E-state index contributed by atoms with van der Waals surface area (Å²) in [5.74, 6) is 0.228. The van der Waals surface area contributed by atoms with Gasteiger partial charge in [0.25, 0.3) is 0 Å². The minimum atomic E-state index is -0.250. The summed E-state index contributed by atoms with van der Waals surface area (Å²) in [6.45, 7) is 0. The highest BCUT2D eigenvalue weighted by molar-refractivity contribution is 7.80. The number of benzene rings is 1. The zero-order valence-electron chi connectivity index (χ0n) is 6.87. The lowest BCUT2D eigenvalue weighted by Gasteiger charge is -2.04. The Bertz CT molecular complexity index is 450. The van der Waals surface area contributed by atoms with E-state index in [2.05, 4.69) is 12.6 Å². The number of methoxy groups -OCH3 is 1. The molecule has 0 saturated carbocycles. The molecule has 0 atom stereocenters. The topological polar surface area (TPSA) is 9.23 Å². The first-order chi connectivity index (χ1) is 6.24. The SMILES string of the molecule is COc1cc(F)c2sccc2c1S. The molecule has 1 heterocycles. The summed E-state index contributed by atoms with van der Waals surface area (Å²) in [5, 5.41) is 2.65. The van der Waals surface area contributed by atoms with Gasteiger partial charge in [-0.3, -0.25) is 0 Å². The Morgan fingerprint density at radius 2 is 2.31 bits per heavy atom. The maximum Gasteiger partial charge on any atom is 0.144 e. The Morgan fingerprint density at radius 3 is 3.00 bits per heavy atom. The third kappa shape index (κ3) is 1.30. The Balaban J connectivity index is 2.85. The molecular formula is C9H7FOS2. The van der Waals surface area contributed by atoms with Crippen molar-refractivity contribution >= 4 is 34.1 Å². The fourth-order valence-corrected chi connectivity index (χ4v) is 2.44. The highest BCUT2D eigenvalue weighted by Gasteiger charge is 2.10. The van der Waals surface area contributed by atoms with Crippen LogP contribution < -0.4 is 4.74 Å². The van der Waals surface area contributed by atoms with E-state index in [0.29, 0.717) is 15.3 Å². The summed E-state index contributed by atoms with van der Waals surface area (Å²) in [5.41, 5.74) is 0. The van der Waals surface area contributed by atoms with Gasteiger partial charge in [0, 0.05) is 11.5 Å². The van der Waals surface area contributed by atoms with E-state index < -0.39 is 0 Å². The van der Waals surface area contributed by atoms with Crippen molar-refractivity contribution in [3.8, 4) is 5.75 Å². The first-order valence-corrected chi connectivity index (χ1v) is 4.99. The molecule has 0 radical (unpaired) electrons. The van der Waals surface area contributed by atoms with Crippen LogP contribution in [0.5, 0.6) is 5.75 Å². The van der Waals surface area contributed by atoms with E-state index in [9.17, 15) is 4.39 Å². The van der Waals surface area contributed by atoms with Gasteiger partial charge in [-0.2, -0.15) is 0 Å². The molecule has 0 unspecified atom stereocenters. The van der Waals surface area contributed by atoms with Crippen LogP contribution in [0.2, 0.25) is 0 Å². The summed E-state index contributed by atoms with van der Waals surface area (Å²) in [6.07, 6.45) is 0. The highest BCUT2D eigenvalue weighted by atomic mass is 32.1. The van der Waals surface area contributed by atoms with Crippen LogP contribution in [0.4, 0.5) is 4.39 Å². The van der Waals surface area contributed by atoms with Crippen molar-refractivity contribution in [3.63, 3.8) is 0 Å². The molecule has 13 heavy (non-hydrogen) atoms. The molecule has 0 spiro atoms. The average Bonchev–Trinajstić information content (AvgIpc) is 2.60. The average molecular weight is 214 g/mol. The van der Waals surface area contributed by atoms with Crippen molar-refractivity contribution in [2.45, 2.75) is 4.90 Å². The predicted octanol–water partition coefficient (Wildman–Crippen LogP) is 3.34. The summed E-state index contributed by atoms with van der Waals surface area (Å²) in [7, 11) is 1.51. The number of fused-ring (bicyclic) bond motifs is 1. The zero-order valence-corrected chi connectivity index (χ0v) is 8.58. The molecule has 0 aliphatic heterocycles. The number of ether oxygens (including phenoxy) is 1. The Kier molecular flexibility index (Phi) is 2.17. The molecule has 1 nitrogen and oxygen atoms in total. The Hall–Kier alpha value is -0.740. The van der Waals surface area contributed by atoms with Crippen LogP contribution in [-0.2, 0) is 0 Å². The van der Waals surface area contributed by atoms with E-state index >= 15 is 0 Å². The lowest BCUT2D eigenvalue weighted by Crippen LogP contribution is -1.86. The van der Waals surface area contributed by atoms with Crippen LogP contribution in [0.1, 0.15) is 0 Å². The molecule has 2 rings (SSSR count). The van der Waals surface area contributed by atoms with Crippen LogP contribution in [0.25, 0.3) is 10.1 Å². The first kappa shape index (κ1) is 8.84. The first-order valence-electron chi connectivity index (χ1n) is 3.66. The number of halogens is 1. The fraction of sp³-hybridized carbons (Fsp3) is 0.111. The fourth-order valence-electron chi connectivity index (χ4n) is 1.22. The van der Waals surface area contributed by atoms with E-state index in [1.54, 1.807) is 0 Å². The van der Waals surface area contributed by atoms with Gasteiger partial charge in [0.2, 0.25) is 0 Å². The number of hydrogen-bond acceptors (Lipinski definition) is 3. The summed E-state index contributed by atoms with van der Waals surface area (Å²) >= 11 is 5.64. The molecule has 0 fully saturated rings. The number of rotatable bonds is 1. The number of thiol groups is 1. The van der Waals surface area contributed by atoms with Gasteiger partial charge in [0.05, 0.1) is 16.7 Å². The van der Waals surface area contributed by atoms with Gasteiger partial charge in [0.15, 0.2) is 0 Å². The quantitative estimate of drug-likeness (QED) is 0.716. The molecule has 0 aliphatic rings. The van der Waals surface area contributed by atoms with Crippen LogP contribution in [-0.4, -0.2) is 7.11 Å². The van der Waals surface area contributed by atoms with Crippen molar-refractivity contribution < 1.29 is 9.13 Å². The zero-order chi connectivity index (χ0) is 9.42. The maximum absolute atomic E-state index is 13.3. The third-order valence-corrected chi connectivity index (χ3v) is 3.23. The second kappa shape index (κ2) is 3.20. The summed E-state index contributed by atoms with van der Waals surface area (Å²) < 4.78 is 19.0. The number of thiophene rings is 1. The lowest BCUT2D eigenvalue weighted by molar-refractivity contribution is 0.403. The molecule has 0 amide bonds. The molecule has 68 valence electrons. The molecule has 0 bridgehead atoms. The largest absolute Gasteiger partial charge is 0.495 e. The van der Waals surface area contributed by atoms with E-state index in [1.807, 2.05) is 11.4 Å². The smallest absolute Gasteiger partial charge is 0.144 e. The minimum Gasteiger partial charge on any atom is -0.495 e. The highest BCUT2D eigenvalue weighted by Crippen LogP contribution is 2.35. The Labute approximate surface area is 84.6 Å². The molecule has 0 saturated heterocycles. The molecule has 0 aliphatic carbocycles. The molecule has 0 N–H and O–H groups in total. The molecular weight excluding hydrogens is 207 g/mol. The van der Waals surface area contributed by atoms with E-state index in [4.69, 9.17) is 4.74 Å². The molecule has 4 heteroatoms. The van der Waals surface area contributed by atoms with Crippen molar-refractivity contribution in [1.29, 1.82) is 0 Å².